The van der Waals surface area contributed by atoms with Crippen LogP contribution in [0.15, 0.2) is 79.0 Å². The second-order valence-corrected chi connectivity index (χ2v) is 7.64. The summed E-state index contributed by atoms with van der Waals surface area (Å²) in [6.07, 6.45) is 3.49. The highest BCUT2D eigenvalue weighted by molar-refractivity contribution is 5.75. The predicted octanol–water partition coefficient (Wildman–Crippen LogP) is 4.73. The number of likely N-dealkylation sites (tertiary alicyclic amines) is 1. The summed E-state index contributed by atoms with van der Waals surface area (Å²) >= 11 is 0. The van der Waals surface area contributed by atoms with E-state index in [1.807, 2.05) is 84.6 Å². The van der Waals surface area contributed by atoms with Crippen molar-refractivity contribution in [2.45, 2.75) is 31.9 Å². The molecule has 0 saturated carbocycles. The van der Waals surface area contributed by atoms with Crippen LogP contribution < -0.4 is 10.1 Å². The molecule has 2 amide bonds. The average Bonchev–Trinajstić information content (AvgIpc) is 2.80. The normalized spacial score (nSPS) is 14.5. The van der Waals surface area contributed by atoms with Crippen molar-refractivity contribution in [2.24, 2.45) is 0 Å². The number of pyridine rings is 1. The van der Waals surface area contributed by atoms with Gasteiger partial charge in [-0.3, -0.25) is 4.98 Å². The molecule has 0 unspecified atom stereocenters. The predicted molar refractivity (Wildman–Crippen MR) is 117 cm³/mol. The fourth-order valence-electron chi connectivity index (χ4n) is 3.76. The van der Waals surface area contributed by atoms with Crippen LogP contribution in [0.4, 0.5) is 4.79 Å². The van der Waals surface area contributed by atoms with Gasteiger partial charge in [0.25, 0.3) is 0 Å². The van der Waals surface area contributed by atoms with Crippen molar-refractivity contribution < 1.29 is 9.53 Å². The third-order valence-electron chi connectivity index (χ3n) is 5.45. The Labute approximate surface area is 177 Å². The summed E-state index contributed by atoms with van der Waals surface area (Å²) in [5.74, 6) is 0.789. The molecule has 4 rings (SSSR count). The number of aryl methyl sites for hydroxylation is 1. The Kier molecular flexibility index (Phi) is 6.28. The summed E-state index contributed by atoms with van der Waals surface area (Å²) in [6, 6.07) is 23.9. The topological polar surface area (TPSA) is 54.5 Å². The third-order valence-corrected chi connectivity index (χ3v) is 5.45. The smallest absolute Gasteiger partial charge is 0.318 e. The number of aromatic nitrogens is 1. The van der Waals surface area contributed by atoms with E-state index < -0.39 is 0 Å². The molecule has 1 aliphatic heterocycles. The average molecular weight is 402 g/mol. The van der Waals surface area contributed by atoms with Crippen LogP contribution in [0.2, 0.25) is 0 Å². The molecule has 0 bridgehead atoms. The minimum absolute atomic E-state index is 0.0387. The van der Waals surface area contributed by atoms with Crippen molar-refractivity contribution in [3.63, 3.8) is 0 Å². The van der Waals surface area contributed by atoms with E-state index in [-0.39, 0.29) is 18.2 Å². The lowest BCUT2D eigenvalue weighted by atomic mass is 9.99. The van der Waals surface area contributed by atoms with Crippen LogP contribution in [0, 0.1) is 6.92 Å². The first-order valence-electron chi connectivity index (χ1n) is 10.4. The number of carbonyl (C=O) groups is 1. The molecule has 1 fully saturated rings. The van der Waals surface area contributed by atoms with Gasteiger partial charge in [-0.25, -0.2) is 4.79 Å². The van der Waals surface area contributed by atoms with Crippen molar-refractivity contribution in [3.8, 4) is 5.75 Å². The summed E-state index contributed by atoms with van der Waals surface area (Å²) in [5.41, 5.74) is 3.12. The van der Waals surface area contributed by atoms with Gasteiger partial charge in [0.1, 0.15) is 11.9 Å². The molecule has 5 nitrogen and oxygen atoms in total. The van der Waals surface area contributed by atoms with Gasteiger partial charge in [0.2, 0.25) is 0 Å². The maximum Gasteiger partial charge on any atom is 0.318 e. The number of piperidine rings is 1. The number of ether oxygens (including phenoxy) is 1. The highest BCUT2D eigenvalue weighted by Crippen LogP contribution is 2.23. The second-order valence-electron chi connectivity index (χ2n) is 7.64. The van der Waals surface area contributed by atoms with Gasteiger partial charge in [-0.1, -0.05) is 60.7 Å². The molecule has 1 aliphatic rings. The van der Waals surface area contributed by atoms with Gasteiger partial charge in [0.05, 0.1) is 12.2 Å². The van der Waals surface area contributed by atoms with E-state index in [4.69, 9.17) is 4.74 Å². The lowest BCUT2D eigenvalue weighted by Gasteiger charge is -2.33. The van der Waals surface area contributed by atoms with E-state index in [1.54, 1.807) is 6.20 Å². The fourth-order valence-corrected chi connectivity index (χ4v) is 3.76. The second kappa shape index (κ2) is 9.44. The number of rotatable bonds is 5. The van der Waals surface area contributed by atoms with Crippen molar-refractivity contribution in [1.29, 1.82) is 0 Å². The van der Waals surface area contributed by atoms with Crippen molar-refractivity contribution in [1.82, 2.24) is 15.2 Å². The van der Waals surface area contributed by atoms with Gasteiger partial charge in [-0.05, 0) is 30.2 Å². The number of carbonyl (C=O) groups excluding carboxylic acids is 1. The summed E-state index contributed by atoms with van der Waals surface area (Å²) in [5, 5.41) is 3.23. The van der Waals surface area contributed by atoms with Crippen LogP contribution in [-0.4, -0.2) is 35.1 Å². The quantitative estimate of drug-likeness (QED) is 0.672. The van der Waals surface area contributed by atoms with E-state index in [1.165, 1.54) is 0 Å². The van der Waals surface area contributed by atoms with Crippen LogP contribution in [-0.2, 0) is 0 Å². The highest BCUT2D eigenvalue weighted by Gasteiger charge is 2.26. The molecule has 5 heteroatoms. The van der Waals surface area contributed by atoms with E-state index >= 15 is 0 Å². The van der Waals surface area contributed by atoms with Gasteiger partial charge in [0, 0.05) is 31.6 Å². The summed E-state index contributed by atoms with van der Waals surface area (Å²) in [7, 11) is 0. The van der Waals surface area contributed by atoms with E-state index in [9.17, 15) is 4.79 Å². The molecule has 2 aromatic carbocycles. The van der Waals surface area contributed by atoms with Crippen molar-refractivity contribution in [3.05, 3.63) is 95.8 Å². The summed E-state index contributed by atoms with van der Waals surface area (Å²) in [4.78, 5) is 19.2. The Morgan fingerprint density at radius 2 is 1.57 bits per heavy atom. The van der Waals surface area contributed by atoms with E-state index in [2.05, 4.69) is 10.3 Å². The number of hydrogen-bond donors (Lipinski definition) is 1. The molecule has 2 heterocycles. The molecule has 0 spiro atoms. The van der Waals surface area contributed by atoms with E-state index in [0.29, 0.717) is 13.1 Å². The van der Waals surface area contributed by atoms with Gasteiger partial charge in [-0.15, -0.1) is 0 Å². The van der Waals surface area contributed by atoms with Crippen LogP contribution in [0.1, 0.15) is 35.7 Å². The van der Waals surface area contributed by atoms with Gasteiger partial charge in [0.15, 0.2) is 0 Å². The van der Waals surface area contributed by atoms with Crippen LogP contribution >= 0.6 is 0 Å². The minimum Gasteiger partial charge on any atom is -0.489 e. The van der Waals surface area contributed by atoms with E-state index in [0.717, 1.165) is 35.4 Å². The lowest BCUT2D eigenvalue weighted by molar-refractivity contribution is 0.110. The first-order valence-corrected chi connectivity index (χ1v) is 10.4. The number of amides is 2. The highest BCUT2D eigenvalue weighted by atomic mass is 16.5. The zero-order valence-corrected chi connectivity index (χ0v) is 17.2. The molecular weight excluding hydrogens is 374 g/mol. The lowest BCUT2D eigenvalue weighted by Crippen LogP contribution is -2.47. The SMILES string of the molecule is Cc1ccc(OC2CCN(C(=O)NC(c3ccccc3)c3ccccc3)CC2)cn1. The monoisotopic (exact) mass is 401 g/mol. The van der Waals surface area contributed by atoms with Crippen LogP contribution in [0.5, 0.6) is 5.75 Å². The first-order chi connectivity index (χ1) is 14.7. The Balaban J connectivity index is 1.37. The molecule has 30 heavy (non-hydrogen) atoms. The molecule has 1 saturated heterocycles. The molecular formula is C25H27N3O2. The number of hydrogen-bond acceptors (Lipinski definition) is 3. The number of nitrogens with zero attached hydrogens (tertiary/aromatic N) is 2. The Hall–Kier alpha value is -3.34. The standard InChI is InChI=1S/C25H27N3O2/c1-19-12-13-23(18-26-19)30-22-14-16-28(17-15-22)25(29)27-24(20-8-4-2-5-9-20)21-10-6-3-7-11-21/h2-13,18,22,24H,14-17H2,1H3,(H,27,29). The van der Waals surface area contributed by atoms with Crippen molar-refractivity contribution in [2.75, 3.05) is 13.1 Å². The molecule has 0 atom stereocenters. The molecule has 0 radical (unpaired) electrons. The summed E-state index contributed by atoms with van der Waals surface area (Å²) < 4.78 is 6.04. The molecule has 1 N–H and O–H groups in total. The zero-order chi connectivity index (χ0) is 20.8. The number of nitrogens with one attached hydrogen (secondary N) is 1. The number of urea groups is 1. The Morgan fingerprint density at radius 1 is 0.967 bits per heavy atom. The molecule has 154 valence electrons. The number of benzene rings is 2. The maximum atomic E-state index is 13.0. The Bertz CT molecular complexity index is 898. The van der Waals surface area contributed by atoms with Crippen LogP contribution in [0.3, 0.4) is 0 Å². The third kappa shape index (κ3) is 4.98. The fraction of sp³-hybridized carbons (Fsp3) is 0.280. The minimum atomic E-state index is -0.174. The van der Waals surface area contributed by atoms with Crippen LogP contribution in [0.25, 0.3) is 0 Å². The maximum absolute atomic E-state index is 13.0. The summed E-state index contributed by atoms with van der Waals surface area (Å²) in [6.45, 7) is 3.30. The van der Waals surface area contributed by atoms with Gasteiger partial charge in [-0.2, -0.15) is 0 Å². The molecule has 0 aliphatic carbocycles. The van der Waals surface area contributed by atoms with Crippen molar-refractivity contribution >= 4 is 6.03 Å². The molecule has 1 aromatic heterocycles. The zero-order valence-electron chi connectivity index (χ0n) is 17.2. The van der Waals surface area contributed by atoms with Gasteiger partial charge < -0.3 is 15.0 Å². The largest absolute Gasteiger partial charge is 0.489 e. The Morgan fingerprint density at radius 3 is 2.10 bits per heavy atom. The van der Waals surface area contributed by atoms with Gasteiger partial charge >= 0.3 is 6.03 Å². The molecule has 3 aromatic rings. The first kappa shape index (κ1) is 20.0.